The Balaban J connectivity index is 1.48. The summed E-state index contributed by atoms with van der Waals surface area (Å²) in [7, 11) is 0. The monoisotopic (exact) mass is 355 g/mol. The van der Waals surface area contributed by atoms with E-state index in [2.05, 4.69) is 5.16 Å². The first kappa shape index (κ1) is 16.6. The summed E-state index contributed by atoms with van der Waals surface area (Å²) in [6, 6.07) is 11.3. The fraction of sp³-hybridized carbons (Fsp3) is 0.300. The summed E-state index contributed by atoms with van der Waals surface area (Å²) in [4.78, 5) is 12.9. The van der Waals surface area contributed by atoms with Crippen molar-refractivity contribution in [3.8, 4) is 11.5 Å². The molecule has 0 atom stereocenters. The zero-order valence-electron chi connectivity index (χ0n) is 14.1. The van der Waals surface area contributed by atoms with Crippen LogP contribution >= 0.6 is 0 Å². The number of ether oxygens (including phenoxy) is 1. The van der Waals surface area contributed by atoms with E-state index in [-0.39, 0.29) is 18.4 Å². The molecule has 1 aliphatic rings. The van der Waals surface area contributed by atoms with Gasteiger partial charge in [-0.25, -0.2) is 4.39 Å². The first-order valence-electron chi connectivity index (χ1n) is 8.60. The van der Waals surface area contributed by atoms with Gasteiger partial charge < -0.3 is 13.7 Å². The van der Waals surface area contributed by atoms with Crippen LogP contribution in [0.15, 0.2) is 57.7 Å². The van der Waals surface area contributed by atoms with Crippen molar-refractivity contribution in [2.75, 3.05) is 0 Å². The van der Waals surface area contributed by atoms with E-state index in [0.29, 0.717) is 30.1 Å². The standard InChI is InChI=1S/C20H18FNO4/c21-15-7-5-14(6-8-15)20(9-1-2-10-20)19(23)25-13-16-12-18(26-22-16)17-4-3-11-24-17/h3-8,11-12H,1-2,9-10,13H2. The SMILES string of the molecule is O=C(OCc1cc(-c2ccco2)on1)C1(c2ccc(F)cc2)CCCC1. The van der Waals surface area contributed by atoms with Crippen molar-refractivity contribution in [1.82, 2.24) is 5.16 Å². The number of furan rings is 1. The van der Waals surface area contributed by atoms with Crippen LogP contribution in [0, 0.1) is 5.82 Å². The zero-order valence-corrected chi connectivity index (χ0v) is 14.1. The van der Waals surface area contributed by atoms with E-state index in [4.69, 9.17) is 13.7 Å². The lowest BCUT2D eigenvalue weighted by molar-refractivity contribution is -0.152. The molecule has 0 spiro atoms. The second kappa shape index (κ2) is 6.78. The largest absolute Gasteiger partial charge is 0.461 e. The normalized spacial score (nSPS) is 15.9. The first-order valence-corrected chi connectivity index (χ1v) is 8.60. The molecule has 0 radical (unpaired) electrons. The predicted octanol–water partition coefficient (Wildman–Crippen LogP) is 4.63. The minimum atomic E-state index is -0.707. The molecule has 2 aromatic heterocycles. The Bertz CT molecular complexity index is 877. The minimum absolute atomic E-state index is 0.0198. The summed E-state index contributed by atoms with van der Waals surface area (Å²) >= 11 is 0. The third-order valence-corrected chi connectivity index (χ3v) is 4.92. The van der Waals surface area contributed by atoms with E-state index >= 15 is 0 Å². The molecule has 0 N–H and O–H groups in total. The highest BCUT2D eigenvalue weighted by Crippen LogP contribution is 2.42. The van der Waals surface area contributed by atoms with Crippen molar-refractivity contribution in [1.29, 1.82) is 0 Å². The van der Waals surface area contributed by atoms with E-state index in [1.54, 1.807) is 36.6 Å². The highest BCUT2D eigenvalue weighted by Gasteiger charge is 2.44. The van der Waals surface area contributed by atoms with E-state index in [1.807, 2.05) is 0 Å². The molecule has 5 nitrogen and oxygen atoms in total. The molecule has 1 saturated carbocycles. The second-order valence-corrected chi connectivity index (χ2v) is 6.53. The number of benzene rings is 1. The van der Waals surface area contributed by atoms with Crippen LogP contribution < -0.4 is 0 Å². The van der Waals surface area contributed by atoms with Gasteiger partial charge in [0.2, 0.25) is 5.76 Å². The molecule has 2 heterocycles. The first-order chi connectivity index (χ1) is 12.7. The smallest absolute Gasteiger partial charge is 0.316 e. The van der Waals surface area contributed by atoms with Gasteiger partial charge in [-0.15, -0.1) is 0 Å². The van der Waals surface area contributed by atoms with Gasteiger partial charge in [0.05, 0.1) is 11.7 Å². The minimum Gasteiger partial charge on any atom is -0.461 e. The average molecular weight is 355 g/mol. The van der Waals surface area contributed by atoms with Crippen molar-refractivity contribution >= 4 is 5.97 Å². The molecule has 0 saturated heterocycles. The molecule has 134 valence electrons. The number of aromatic nitrogens is 1. The number of nitrogens with zero attached hydrogens (tertiary/aromatic N) is 1. The summed E-state index contributed by atoms with van der Waals surface area (Å²) in [6.45, 7) is 0.0198. The Morgan fingerprint density at radius 2 is 1.92 bits per heavy atom. The maximum absolute atomic E-state index is 13.2. The van der Waals surface area contributed by atoms with Crippen LogP contribution in [0.3, 0.4) is 0 Å². The average Bonchev–Trinajstić information content (AvgIpc) is 3.41. The lowest BCUT2D eigenvalue weighted by Gasteiger charge is -2.27. The number of halogens is 1. The van der Waals surface area contributed by atoms with Gasteiger partial charge in [-0.1, -0.05) is 30.1 Å². The topological polar surface area (TPSA) is 65.5 Å². The lowest BCUT2D eigenvalue weighted by atomic mass is 9.79. The van der Waals surface area contributed by atoms with Crippen LogP contribution in [-0.4, -0.2) is 11.1 Å². The van der Waals surface area contributed by atoms with Crippen molar-refractivity contribution in [3.63, 3.8) is 0 Å². The number of hydrogen-bond donors (Lipinski definition) is 0. The summed E-state index contributed by atoms with van der Waals surface area (Å²) in [5.41, 5.74) is 0.608. The summed E-state index contributed by atoms with van der Waals surface area (Å²) in [6.07, 6.45) is 4.84. The molecule has 1 aromatic carbocycles. The van der Waals surface area contributed by atoms with Crippen LogP contribution in [-0.2, 0) is 21.6 Å². The van der Waals surface area contributed by atoms with Gasteiger partial charge in [-0.05, 0) is 42.7 Å². The van der Waals surface area contributed by atoms with Gasteiger partial charge in [0.15, 0.2) is 5.76 Å². The lowest BCUT2D eigenvalue weighted by Crippen LogP contribution is -2.34. The van der Waals surface area contributed by atoms with Crippen molar-refractivity contribution in [3.05, 3.63) is 65.8 Å². The highest BCUT2D eigenvalue weighted by molar-refractivity contribution is 5.83. The summed E-state index contributed by atoms with van der Waals surface area (Å²) in [5.74, 6) is 0.427. The van der Waals surface area contributed by atoms with Crippen LogP contribution in [0.1, 0.15) is 36.9 Å². The number of carbonyl (C=O) groups is 1. The fourth-order valence-corrected chi connectivity index (χ4v) is 3.55. The zero-order chi connectivity index (χ0) is 18.0. The molecule has 6 heteroatoms. The van der Waals surface area contributed by atoms with Gasteiger partial charge in [0.25, 0.3) is 0 Å². The van der Waals surface area contributed by atoms with Crippen molar-refractivity contribution in [2.45, 2.75) is 37.7 Å². The molecular formula is C20H18FNO4. The molecular weight excluding hydrogens is 337 g/mol. The molecule has 0 bridgehead atoms. The van der Waals surface area contributed by atoms with E-state index in [1.165, 1.54) is 12.1 Å². The maximum Gasteiger partial charge on any atom is 0.316 e. The van der Waals surface area contributed by atoms with Gasteiger partial charge >= 0.3 is 5.97 Å². The molecule has 0 unspecified atom stereocenters. The molecule has 1 fully saturated rings. The van der Waals surface area contributed by atoms with Crippen molar-refractivity contribution < 1.29 is 22.9 Å². The Hall–Kier alpha value is -2.89. The van der Waals surface area contributed by atoms with E-state index in [0.717, 1.165) is 18.4 Å². The van der Waals surface area contributed by atoms with E-state index < -0.39 is 5.41 Å². The van der Waals surface area contributed by atoms with Crippen LogP contribution in [0.5, 0.6) is 0 Å². The Labute approximate surface area is 149 Å². The fourth-order valence-electron chi connectivity index (χ4n) is 3.55. The van der Waals surface area contributed by atoms with Gasteiger partial charge in [-0.2, -0.15) is 0 Å². The molecule has 0 amide bonds. The third-order valence-electron chi connectivity index (χ3n) is 4.92. The van der Waals surface area contributed by atoms with Gasteiger partial charge in [0.1, 0.15) is 18.1 Å². The number of esters is 1. The number of hydrogen-bond acceptors (Lipinski definition) is 5. The Morgan fingerprint density at radius 3 is 2.62 bits per heavy atom. The van der Waals surface area contributed by atoms with Gasteiger partial charge in [0, 0.05) is 6.07 Å². The Kier molecular flexibility index (Phi) is 4.32. The summed E-state index contributed by atoms with van der Waals surface area (Å²) < 4.78 is 29.3. The predicted molar refractivity (Wildman–Crippen MR) is 90.5 cm³/mol. The third kappa shape index (κ3) is 3.03. The van der Waals surface area contributed by atoms with Crippen LogP contribution in [0.2, 0.25) is 0 Å². The highest BCUT2D eigenvalue weighted by atomic mass is 19.1. The summed E-state index contributed by atoms with van der Waals surface area (Å²) in [5, 5.41) is 3.92. The van der Waals surface area contributed by atoms with Crippen LogP contribution in [0.25, 0.3) is 11.5 Å². The quantitative estimate of drug-likeness (QED) is 0.624. The Morgan fingerprint density at radius 1 is 1.15 bits per heavy atom. The molecule has 1 aliphatic carbocycles. The number of carbonyl (C=O) groups excluding carboxylic acids is 1. The maximum atomic E-state index is 13.2. The van der Waals surface area contributed by atoms with Crippen molar-refractivity contribution in [2.24, 2.45) is 0 Å². The molecule has 3 aromatic rings. The number of rotatable bonds is 5. The second-order valence-electron chi connectivity index (χ2n) is 6.53. The van der Waals surface area contributed by atoms with E-state index in [9.17, 15) is 9.18 Å². The molecule has 0 aliphatic heterocycles. The molecule has 4 rings (SSSR count). The molecule has 26 heavy (non-hydrogen) atoms. The van der Waals surface area contributed by atoms with Crippen LogP contribution in [0.4, 0.5) is 4.39 Å². The van der Waals surface area contributed by atoms with Gasteiger partial charge in [-0.3, -0.25) is 4.79 Å².